The molecule has 0 radical (unpaired) electrons. The van der Waals surface area contributed by atoms with Gasteiger partial charge in [-0.05, 0) is 68.7 Å². The smallest absolute Gasteiger partial charge is 0.264 e. The number of nitrogens with one attached hydrogen (secondary N) is 1. The quantitative estimate of drug-likeness (QED) is 0.344. The molecule has 1 aliphatic rings. The van der Waals surface area contributed by atoms with E-state index in [4.69, 9.17) is 4.74 Å². The van der Waals surface area contributed by atoms with E-state index in [1.54, 1.807) is 56.5 Å². The Bertz CT molecular complexity index is 1400. The molecule has 0 bridgehead atoms. The van der Waals surface area contributed by atoms with E-state index in [0.717, 1.165) is 47.5 Å². The number of nitrogens with zero attached hydrogens (tertiary/aromatic N) is 2. The SMILES string of the molecule is COc1ccc(CN(C(=O)CN(c2ccc(C)cc2)S(=O)(=O)c2ccccc2)[C@@H](C)C(=O)NC2CCCCC2)cc1. The lowest BCUT2D eigenvalue weighted by Gasteiger charge is -2.33. The maximum absolute atomic E-state index is 14.1. The molecule has 1 fully saturated rings. The van der Waals surface area contributed by atoms with Crippen molar-refractivity contribution in [3.63, 3.8) is 0 Å². The molecule has 0 saturated heterocycles. The summed E-state index contributed by atoms with van der Waals surface area (Å²) in [5.41, 5.74) is 2.13. The first-order valence-electron chi connectivity index (χ1n) is 14.1. The second-order valence-electron chi connectivity index (χ2n) is 10.5. The van der Waals surface area contributed by atoms with Gasteiger partial charge in [0.05, 0.1) is 17.7 Å². The van der Waals surface area contributed by atoms with Crippen LogP contribution in [0, 0.1) is 6.92 Å². The molecule has 9 heteroatoms. The van der Waals surface area contributed by atoms with Gasteiger partial charge in [0.15, 0.2) is 0 Å². The molecule has 2 amide bonds. The molecule has 0 unspecified atom stereocenters. The molecule has 8 nitrogen and oxygen atoms in total. The van der Waals surface area contributed by atoms with Crippen LogP contribution in [0.2, 0.25) is 0 Å². The van der Waals surface area contributed by atoms with E-state index in [0.29, 0.717) is 11.4 Å². The number of hydrogen-bond acceptors (Lipinski definition) is 5. The minimum absolute atomic E-state index is 0.0816. The maximum atomic E-state index is 14.1. The van der Waals surface area contributed by atoms with E-state index in [2.05, 4.69) is 5.32 Å². The van der Waals surface area contributed by atoms with E-state index < -0.39 is 28.5 Å². The molecular weight excluding hydrogens is 538 g/mol. The van der Waals surface area contributed by atoms with Crippen molar-refractivity contribution in [2.24, 2.45) is 0 Å². The lowest BCUT2D eigenvalue weighted by atomic mass is 9.95. The number of benzene rings is 3. The van der Waals surface area contributed by atoms with Gasteiger partial charge < -0.3 is 15.0 Å². The predicted octanol–water partition coefficient (Wildman–Crippen LogP) is 5.07. The zero-order chi connectivity index (χ0) is 29.4. The molecule has 1 atom stereocenters. The Kier molecular flexibility index (Phi) is 10.0. The first-order chi connectivity index (χ1) is 19.7. The van der Waals surface area contributed by atoms with E-state index in [9.17, 15) is 18.0 Å². The lowest BCUT2D eigenvalue weighted by Crippen LogP contribution is -2.53. The average Bonchev–Trinajstić information content (AvgIpc) is 3.00. The van der Waals surface area contributed by atoms with Gasteiger partial charge in [-0.25, -0.2) is 8.42 Å². The zero-order valence-corrected chi connectivity index (χ0v) is 24.8. The number of hydrogen-bond donors (Lipinski definition) is 1. The number of amides is 2. The summed E-state index contributed by atoms with van der Waals surface area (Å²) in [7, 11) is -2.50. The third kappa shape index (κ3) is 7.67. The summed E-state index contributed by atoms with van der Waals surface area (Å²) < 4.78 is 34.1. The Morgan fingerprint density at radius 1 is 0.927 bits per heavy atom. The van der Waals surface area contributed by atoms with Crippen molar-refractivity contribution in [3.8, 4) is 5.75 Å². The lowest BCUT2D eigenvalue weighted by molar-refractivity contribution is -0.139. The average molecular weight is 578 g/mol. The highest BCUT2D eigenvalue weighted by atomic mass is 32.2. The van der Waals surface area contributed by atoms with Gasteiger partial charge >= 0.3 is 0 Å². The normalized spacial score (nSPS) is 14.6. The number of ether oxygens (including phenoxy) is 1. The van der Waals surface area contributed by atoms with Gasteiger partial charge in [0.25, 0.3) is 10.0 Å². The molecule has 1 aliphatic carbocycles. The van der Waals surface area contributed by atoms with Gasteiger partial charge in [-0.3, -0.25) is 13.9 Å². The largest absolute Gasteiger partial charge is 0.497 e. The van der Waals surface area contributed by atoms with Gasteiger partial charge in [-0.2, -0.15) is 0 Å². The van der Waals surface area contributed by atoms with Crippen LogP contribution in [0.5, 0.6) is 5.75 Å². The first-order valence-corrected chi connectivity index (χ1v) is 15.5. The fourth-order valence-electron chi connectivity index (χ4n) is 5.04. The third-order valence-electron chi connectivity index (χ3n) is 7.56. The minimum atomic E-state index is -4.08. The Balaban J connectivity index is 1.65. The second-order valence-corrected chi connectivity index (χ2v) is 12.4. The fourth-order valence-corrected chi connectivity index (χ4v) is 6.47. The number of anilines is 1. The van der Waals surface area contributed by atoms with Crippen LogP contribution in [0.15, 0.2) is 83.8 Å². The summed E-state index contributed by atoms with van der Waals surface area (Å²) in [4.78, 5) is 29.0. The molecular formula is C32H39N3O5S. The second kappa shape index (κ2) is 13.7. The molecule has 41 heavy (non-hydrogen) atoms. The number of carbonyl (C=O) groups excluding carboxylic acids is 2. The Morgan fingerprint density at radius 2 is 1.56 bits per heavy atom. The third-order valence-corrected chi connectivity index (χ3v) is 9.35. The molecule has 218 valence electrons. The van der Waals surface area contributed by atoms with Crippen molar-refractivity contribution in [1.82, 2.24) is 10.2 Å². The number of carbonyl (C=O) groups is 2. The monoisotopic (exact) mass is 577 g/mol. The van der Waals surface area contributed by atoms with Crippen LogP contribution in [-0.2, 0) is 26.2 Å². The van der Waals surface area contributed by atoms with Gasteiger partial charge in [0.1, 0.15) is 18.3 Å². The summed E-state index contributed by atoms with van der Waals surface area (Å²) in [6.45, 7) is 3.28. The van der Waals surface area contributed by atoms with E-state index in [1.165, 1.54) is 17.0 Å². The molecule has 3 aromatic rings. The number of methoxy groups -OCH3 is 1. The number of aryl methyl sites for hydroxylation is 1. The highest BCUT2D eigenvalue weighted by Crippen LogP contribution is 2.25. The van der Waals surface area contributed by atoms with Crippen LogP contribution >= 0.6 is 0 Å². The Hall–Kier alpha value is -3.85. The van der Waals surface area contributed by atoms with Crippen LogP contribution < -0.4 is 14.4 Å². The van der Waals surface area contributed by atoms with Crippen molar-refractivity contribution in [3.05, 3.63) is 90.0 Å². The van der Waals surface area contributed by atoms with Crippen molar-refractivity contribution < 1.29 is 22.7 Å². The standard InChI is InChI=1S/C32H39N3O5S/c1-24-14-18-28(19-15-24)35(41(38,39)30-12-8-5-9-13-30)23-31(36)34(22-26-16-20-29(40-3)21-17-26)25(2)32(37)33-27-10-6-4-7-11-27/h5,8-9,12-21,25,27H,4,6-7,10-11,22-23H2,1-3H3,(H,33,37)/t25-/m0/s1. The summed E-state index contributed by atoms with van der Waals surface area (Å²) in [5, 5.41) is 3.12. The highest BCUT2D eigenvalue weighted by molar-refractivity contribution is 7.92. The van der Waals surface area contributed by atoms with Crippen molar-refractivity contribution in [1.29, 1.82) is 0 Å². The Morgan fingerprint density at radius 3 is 2.17 bits per heavy atom. The fraction of sp³-hybridized carbons (Fsp3) is 0.375. The van der Waals surface area contributed by atoms with E-state index in [-0.39, 0.29) is 23.4 Å². The molecule has 0 spiro atoms. The summed E-state index contributed by atoms with van der Waals surface area (Å²) >= 11 is 0. The van der Waals surface area contributed by atoms with Crippen molar-refractivity contribution >= 4 is 27.5 Å². The Labute approximate surface area is 243 Å². The van der Waals surface area contributed by atoms with Crippen LogP contribution in [0.1, 0.15) is 50.2 Å². The van der Waals surface area contributed by atoms with Crippen LogP contribution in [0.25, 0.3) is 0 Å². The molecule has 1 saturated carbocycles. The topological polar surface area (TPSA) is 96.0 Å². The van der Waals surface area contributed by atoms with Gasteiger partial charge in [0.2, 0.25) is 11.8 Å². The summed E-state index contributed by atoms with van der Waals surface area (Å²) in [6.07, 6.45) is 5.13. The molecule has 1 N–H and O–H groups in total. The molecule has 4 rings (SSSR count). The summed E-state index contributed by atoms with van der Waals surface area (Å²) in [5.74, 6) is -0.0482. The molecule has 0 heterocycles. The maximum Gasteiger partial charge on any atom is 0.264 e. The van der Waals surface area contributed by atoms with Crippen molar-refractivity contribution in [2.75, 3.05) is 18.0 Å². The molecule has 0 aromatic heterocycles. The van der Waals surface area contributed by atoms with Crippen molar-refractivity contribution in [2.45, 2.75) is 69.5 Å². The highest BCUT2D eigenvalue weighted by Gasteiger charge is 2.33. The number of sulfonamides is 1. The van der Waals surface area contributed by atoms with Gasteiger partial charge in [-0.1, -0.05) is 67.3 Å². The van der Waals surface area contributed by atoms with Gasteiger partial charge in [-0.15, -0.1) is 0 Å². The van der Waals surface area contributed by atoms with Gasteiger partial charge in [0, 0.05) is 12.6 Å². The first kappa shape index (κ1) is 30.1. The zero-order valence-electron chi connectivity index (χ0n) is 24.0. The molecule has 0 aliphatic heterocycles. The minimum Gasteiger partial charge on any atom is -0.497 e. The van der Waals surface area contributed by atoms with E-state index >= 15 is 0 Å². The number of rotatable bonds is 11. The summed E-state index contributed by atoms with van der Waals surface area (Å²) in [6, 6.07) is 21.6. The molecule has 3 aromatic carbocycles. The van der Waals surface area contributed by atoms with Crippen LogP contribution in [0.3, 0.4) is 0 Å². The van der Waals surface area contributed by atoms with Crippen LogP contribution in [0.4, 0.5) is 5.69 Å². The van der Waals surface area contributed by atoms with E-state index in [1.807, 2.05) is 31.2 Å². The van der Waals surface area contributed by atoms with Crippen LogP contribution in [-0.4, -0.2) is 50.9 Å². The predicted molar refractivity (Wildman–Crippen MR) is 160 cm³/mol.